The Bertz CT molecular complexity index is 1340. The maximum Gasteiger partial charge on any atom is 0.328 e. The second-order valence-corrected chi connectivity index (χ2v) is 9.16. The number of carbonyl (C=O) groups excluding carboxylic acids is 4. The third-order valence-corrected chi connectivity index (χ3v) is 6.17. The van der Waals surface area contributed by atoms with Gasteiger partial charge in [-0.25, -0.2) is 9.78 Å². The van der Waals surface area contributed by atoms with Crippen molar-refractivity contribution < 1.29 is 34.2 Å². The Hall–Kier alpha value is -4.76. The first-order chi connectivity index (χ1) is 19.1. The maximum atomic E-state index is 13.3. The van der Waals surface area contributed by atoms with E-state index in [1.54, 1.807) is 12.3 Å². The van der Waals surface area contributed by atoms with Gasteiger partial charge in [-0.2, -0.15) is 0 Å². The van der Waals surface area contributed by atoms with Gasteiger partial charge in [0.2, 0.25) is 23.6 Å². The molecule has 3 aromatic rings. The highest BCUT2D eigenvalue weighted by atomic mass is 16.4. The van der Waals surface area contributed by atoms with Gasteiger partial charge in [-0.05, 0) is 18.1 Å². The molecule has 1 aromatic carbocycles. The number of H-pyrrole nitrogens is 2. The molecule has 40 heavy (non-hydrogen) atoms. The fourth-order valence-electron chi connectivity index (χ4n) is 4.02. The van der Waals surface area contributed by atoms with E-state index in [1.165, 1.54) is 12.5 Å². The minimum atomic E-state index is -1.61. The lowest BCUT2D eigenvalue weighted by Crippen LogP contribution is -2.58. The summed E-state index contributed by atoms with van der Waals surface area (Å²) in [4.78, 5) is 71.8. The van der Waals surface area contributed by atoms with Gasteiger partial charge < -0.3 is 47.6 Å². The number of aliphatic carboxylic acids is 1. The number of rotatable bonds is 15. The highest BCUT2D eigenvalue weighted by Crippen LogP contribution is 2.19. The summed E-state index contributed by atoms with van der Waals surface area (Å²) >= 11 is 0. The Morgan fingerprint density at radius 3 is 2.25 bits per heavy atom. The van der Waals surface area contributed by atoms with Gasteiger partial charge in [0.15, 0.2) is 0 Å². The first-order valence-corrected chi connectivity index (χ1v) is 12.4. The molecule has 0 saturated carbocycles. The molecule has 0 aliphatic rings. The van der Waals surface area contributed by atoms with Crippen LogP contribution in [-0.2, 0) is 36.8 Å². The van der Waals surface area contributed by atoms with Gasteiger partial charge in [0.1, 0.15) is 18.1 Å². The molecule has 4 atom stereocenters. The van der Waals surface area contributed by atoms with Crippen molar-refractivity contribution in [1.29, 1.82) is 0 Å². The second-order valence-electron chi connectivity index (χ2n) is 9.16. The van der Waals surface area contributed by atoms with E-state index in [1.807, 2.05) is 18.2 Å². The summed E-state index contributed by atoms with van der Waals surface area (Å²) in [7, 11) is 0. The summed E-state index contributed by atoms with van der Waals surface area (Å²) in [5, 5.41) is 26.6. The lowest BCUT2D eigenvalue weighted by Gasteiger charge is -2.25. The number of nitrogens with zero attached hydrogens (tertiary/aromatic N) is 1. The van der Waals surface area contributed by atoms with E-state index >= 15 is 0 Å². The number of nitrogens with two attached hydrogens (primary N) is 2. The summed E-state index contributed by atoms with van der Waals surface area (Å²) in [5.74, 6) is -4.57. The normalized spacial score (nSPS) is 14.1. The van der Waals surface area contributed by atoms with Crippen molar-refractivity contribution in [3.05, 3.63) is 54.2 Å². The molecule has 0 aliphatic carbocycles. The van der Waals surface area contributed by atoms with Gasteiger partial charge in [-0.3, -0.25) is 19.2 Å². The SMILES string of the molecule is NC(=O)CCC(NC(=O)C(N)Cc1cnc[nH]1)C(=O)NC(Cc1c[nH]c2ccccc12)C(=O)NC(CO)C(=O)O. The van der Waals surface area contributed by atoms with Crippen molar-refractivity contribution in [2.75, 3.05) is 6.61 Å². The van der Waals surface area contributed by atoms with E-state index in [4.69, 9.17) is 11.5 Å². The number of hydrogen-bond donors (Lipinski definition) is 9. The number of primary amides is 1. The van der Waals surface area contributed by atoms with Crippen molar-refractivity contribution in [3.63, 3.8) is 0 Å². The number of para-hydroxylation sites is 1. The van der Waals surface area contributed by atoms with Crippen LogP contribution in [0.5, 0.6) is 0 Å². The number of benzene rings is 1. The van der Waals surface area contributed by atoms with Gasteiger partial charge in [-0.1, -0.05) is 18.2 Å². The van der Waals surface area contributed by atoms with Crippen LogP contribution in [0.2, 0.25) is 0 Å². The van der Waals surface area contributed by atoms with Crippen molar-refractivity contribution in [1.82, 2.24) is 30.9 Å². The molecular formula is C25H32N8O7. The van der Waals surface area contributed by atoms with Gasteiger partial charge in [0.25, 0.3) is 0 Å². The van der Waals surface area contributed by atoms with Crippen molar-refractivity contribution in [3.8, 4) is 0 Å². The molecule has 2 aromatic heterocycles. The number of aliphatic hydroxyl groups is 1. The average molecular weight is 557 g/mol. The number of nitrogens with one attached hydrogen (secondary N) is 5. The summed E-state index contributed by atoms with van der Waals surface area (Å²) in [6.45, 7) is -0.875. The second kappa shape index (κ2) is 13.9. The third-order valence-electron chi connectivity index (χ3n) is 6.17. The molecule has 3 rings (SSSR count). The van der Waals surface area contributed by atoms with Gasteiger partial charge in [-0.15, -0.1) is 0 Å². The standard InChI is InChI=1S/C25H32N8O7/c26-16(8-14-10-28-12-30-14)22(36)31-18(5-6-21(27)35)23(37)32-19(24(38)33-20(11-34)25(39)40)7-13-9-29-17-4-2-1-3-15(13)17/h1-4,9-10,12,16,18-20,29,34H,5-8,11,26H2,(H2,27,35)(H,28,30)(H,31,36)(H,32,37)(H,33,38)(H,39,40). The van der Waals surface area contributed by atoms with E-state index < -0.39 is 60.4 Å². The number of aromatic nitrogens is 3. The van der Waals surface area contributed by atoms with E-state index in [0.717, 1.165) is 10.9 Å². The first kappa shape index (κ1) is 29.8. The molecule has 4 unspecified atom stereocenters. The van der Waals surface area contributed by atoms with E-state index in [0.29, 0.717) is 11.3 Å². The van der Waals surface area contributed by atoms with Crippen LogP contribution in [0.1, 0.15) is 24.1 Å². The van der Waals surface area contributed by atoms with E-state index in [9.17, 15) is 34.2 Å². The number of fused-ring (bicyclic) bond motifs is 1. The molecule has 0 bridgehead atoms. The number of aliphatic hydroxyl groups excluding tert-OH is 1. The molecule has 11 N–H and O–H groups in total. The Morgan fingerprint density at radius 2 is 1.60 bits per heavy atom. The summed E-state index contributed by atoms with van der Waals surface area (Å²) in [6, 6.07) is 1.96. The molecule has 0 fully saturated rings. The molecule has 15 heteroatoms. The Labute approximate surface area is 228 Å². The topological polar surface area (TPSA) is 258 Å². The van der Waals surface area contributed by atoms with Crippen molar-refractivity contribution >= 4 is 40.5 Å². The van der Waals surface area contributed by atoms with Gasteiger partial charge in [0, 0.05) is 48.3 Å². The number of carboxylic acid groups (broad SMARTS) is 1. The lowest BCUT2D eigenvalue weighted by atomic mass is 10.0. The number of carboxylic acids is 1. The zero-order chi connectivity index (χ0) is 29.2. The summed E-state index contributed by atoms with van der Waals surface area (Å²) in [6.07, 6.45) is 4.18. The molecule has 0 aliphatic heterocycles. The number of hydrogen-bond acceptors (Lipinski definition) is 8. The molecule has 0 spiro atoms. The minimum absolute atomic E-state index is 0.0603. The minimum Gasteiger partial charge on any atom is -0.480 e. The number of amides is 4. The average Bonchev–Trinajstić information content (AvgIpc) is 3.58. The number of carbonyl (C=O) groups is 5. The molecule has 2 heterocycles. The predicted molar refractivity (Wildman–Crippen MR) is 141 cm³/mol. The quantitative estimate of drug-likeness (QED) is 0.0982. The smallest absolute Gasteiger partial charge is 0.328 e. The fraction of sp³-hybridized carbons (Fsp3) is 0.360. The van der Waals surface area contributed by atoms with Gasteiger partial charge >= 0.3 is 5.97 Å². The van der Waals surface area contributed by atoms with Crippen LogP contribution in [0.15, 0.2) is 43.0 Å². The van der Waals surface area contributed by atoms with Crippen molar-refractivity contribution in [2.45, 2.75) is 49.9 Å². The molecule has 15 nitrogen and oxygen atoms in total. The van der Waals surface area contributed by atoms with E-state index in [-0.39, 0.29) is 25.7 Å². The van der Waals surface area contributed by atoms with Crippen LogP contribution in [0.3, 0.4) is 0 Å². The van der Waals surface area contributed by atoms with Crippen LogP contribution in [0, 0.1) is 0 Å². The maximum absolute atomic E-state index is 13.3. The monoisotopic (exact) mass is 556 g/mol. The Kier molecular flexibility index (Phi) is 10.3. The molecular weight excluding hydrogens is 524 g/mol. The van der Waals surface area contributed by atoms with E-state index in [2.05, 4.69) is 30.9 Å². The highest BCUT2D eigenvalue weighted by molar-refractivity contribution is 5.95. The van der Waals surface area contributed by atoms with Crippen LogP contribution >= 0.6 is 0 Å². The predicted octanol–water partition coefficient (Wildman–Crippen LogP) is -2.20. The van der Waals surface area contributed by atoms with Crippen LogP contribution in [-0.4, -0.2) is 85.5 Å². The summed E-state index contributed by atoms with van der Waals surface area (Å²) < 4.78 is 0. The number of imidazole rings is 1. The Morgan fingerprint density at radius 1 is 0.925 bits per heavy atom. The highest BCUT2D eigenvalue weighted by Gasteiger charge is 2.31. The largest absolute Gasteiger partial charge is 0.480 e. The summed E-state index contributed by atoms with van der Waals surface area (Å²) in [5.41, 5.74) is 13.2. The molecule has 0 radical (unpaired) electrons. The van der Waals surface area contributed by atoms with Crippen LogP contribution in [0.4, 0.5) is 0 Å². The molecule has 4 amide bonds. The van der Waals surface area contributed by atoms with Crippen LogP contribution < -0.4 is 27.4 Å². The number of aromatic amines is 2. The third kappa shape index (κ3) is 8.12. The fourth-order valence-corrected chi connectivity index (χ4v) is 4.02. The molecule has 214 valence electrons. The van der Waals surface area contributed by atoms with Crippen molar-refractivity contribution in [2.24, 2.45) is 11.5 Å². The van der Waals surface area contributed by atoms with Gasteiger partial charge in [0.05, 0.1) is 19.0 Å². The zero-order valence-electron chi connectivity index (χ0n) is 21.4. The Balaban J connectivity index is 1.81. The zero-order valence-corrected chi connectivity index (χ0v) is 21.4. The lowest BCUT2D eigenvalue weighted by molar-refractivity contribution is -0.143. The van der Waals surface area contributed by atoms with Crippen LogP contribution in [0.25, 0.3) is 10.9 Å². The molecule has 0 saturated heterocycles. The first-order valence-electron chi connectivity index (χ1n) is 12.4.